The fourth-order valence-electron chi connectivity index (χ4n) is 1.94. The van der Waals surface area contributed by atoms with Crippen LogP contribution in [0.5, 0.6) is 0 Å². The molecule has 17 heavy (non-hydrogen) atoms. The van der Waals surface area contributed by atoms with Crippen LogP contribution in [0.1, 0.15) is 12.0 Å². The summed E-state index contributed by atoms with van der Waals surface area (Å²) in [7, 11) is 0. The van der Waals surface area contributed by atoms with Crippen molar-refractivity contribution in [1.29, 1.82) is 0 Å². The van der Waals surface area contributed by atoms with Crippen LogP contribution in [0.25, 0.3) is 0 Å². The molecule has 0 spiro atoms. The lowest BCUT2D eigenvalue weighted by Gasteiger charge is -2.39. The fraction of sp³-hybridized carbons (Fsp3) is 0.556. The Morgan fingerprint density at radius 3 is 2.76 bits per heavy atom. The Bertz CT molecular complexity index is 477. The molecule has 0 radical (unpaired) electrons. The molecule has 0 unspecified atom stereocenters. The van der Waals surface area contributed by atoms with E-state index in [-0.39, 0.29) is 12.2 Å². The molecular formula is C9H12N4O4. The van der Waals surface area contributed by atoms with E-state index < -0.39 is 16.4 Å². The minimum atomic E-state index is -0.942. The van der Waals surface area contributed by atoms with Gasteiger partial charge in [-0.3, -0.25) is 4.79 Å². The molecule has 1 aliphatic rings. The number of nitrogens with one attached hydrogen (secondary N) is 1. The Hall–Kier alpha value is -1.96. The van der Waals surface area contributed by atoms with E-state index in [0.717, 1.165) is 0 Å². The number of carbonyl (C=O) groups is 1. The van der Waals surface area contributed by atoms with Gasteiger partial charge in [0.25, 0.3) is 0 Å². The summed E-state index contributed by atoms with van der Waals surface area (Å²) in [6.45, 7) is 2.50. The minimum absolute atomic E-state index is 0.0989. The second kappa shape index (κ2) is 3.81. The van der Waals surface area contributed by atoms with Gasteiger partial charge in [-0.15, -0.1) is 0 Å². The molecule has 2 rings (SSSR count). The number of hydrogen-bond acceptors (Lipinski definition) is 5. The standard InChI is InChI=1S/C9H12N4O4/c1-6-3-12(11-8(6)13(16)17)9(2-7(14)15)4-10-5-9/h3,10H,2,4-5H2,1H3,(H,14,15). The average Bonchev–Trinajstić information content (AvgIpc) is 2.53. The summed E-state index contributed by atoms with van der Waals surface area (Å²) >= 11 is 0. The van der Waals surface area contributed by atoms with Gasteiger partial charge in [0, 0.05) is 13.1 Å². The maximum Gasteiger partial charge on any atom is 0.392 e. The van der Waals surface area contributed by atoms with Gasteiger partial charge in [0.15, 0.2) is 0 Å². The first kappa shape index (κ1) is 11.5. The van der Waals surface area contributed by atoms with Crippen LogP contribution in [0.4, 0.5) is 5.82 Å². The van der Waals surface area contributed by atoms with Gasteiger partial charge in [-0.1, -0.05) is 0 Å². The summed E-state index contributed by atoms with van der Waals surface area (Å²) in [4.78, 5) is 20.9. The van der Waals surface area contributed by atoms with E-state index in [1.54, 1.807) is 6.92 Å². The van der Waals surface area contributed by atoms with Crippen molar-refractivity contribution < 1.29 is 14.8 Å². The number of aromatic nitrogens is 2. The SMILES string of the molecule is Cc1cn(C2(CC(=O)O)CNC2)nc1[N+](=O)[O-]. The molecule has 2 heterocycles. The number of carboxylic acid groups (broad SMARTS) is 1. The highest BCUT2D eigenvalue weighted by Crippen LogP contribution is 2.28. The third kappa shape index (κ3) is 1.86. The predicted molar refractivity (Wildman–Crippen MR) is 56.7 cm³/mol. The maximum absolute atomic E-state index is 10.8. The summed E-state index contributed by atoms with van der Waals surface area (Å²) < 4.78 is 1.41. The summed E-state index contributed by atoms with van der Waals surface area (Å²) in [6.07, 6.45) is 1.43. The Morgan fingerprint density at radius 1 is 1.76 bits per heavy atom. The third-order valence-corrected chi connectivity index (χ3v) is 2.92. The third-order valence-electron chi connectivity index (χ3n) is 2.92. The summed E-state index contributed by atoms with van der Waals surface area (Å²) in [5.41, 5.74) is -0.239. The largest absolute Gasteiger partial charge is 0.481 e. The molecule has 8 nitrogen and oxygen atoms in total. The highest BCUT2D eigenvalue weighted by Gasteiger charge is 2.44. The smallest absolute Gasteiger partial charge is 0.392 e. The monoisotopic (exact) mass is 240 g/mol. The van der Waals surface area contributed by atoms with Gasteiger partial charge in [-0.25, -0.2) is 0 Å². The van der Waals surface area contributed by atoms with Crippen molar-refractivity contribution in [3.05, 3.63) is 21.9 Å². The van der Waals surface area contributed by atoms with E-state index in [0.29, 0.717) is 18.7 Å². The van der Waals surface area contributed by atoms with E-state index in [1.165, 1.54) is 10.9 Å². The van der Waals surface area contributed by atoms with Crippen molar-refractivity contribution in [2.24, 2.45) is 0 Å². The minimum Gasteiger partial charge on any atom is -0.481 e. The van der Waals surface area contributed by atoms with Gasteiger partial charge in [-0.05, 0) is 11.8 Å². The first-order chi connectivity index (χ1) is 7.94. The normalized spacial score (nSPS) is 17.5. The molecule has 1 aromatic heterocycles. The number of carboxylic acids is 1. The molecule has 2 N–H and O–H groups in total. The first-order valence-electron chi connectivity index (χ1n) is 5.08. The lowest BCUT2D eigenvalue weighted by molar-refractivity contribution is -0.390. The van der Waals surface area contributed by atoms with Crippen molar-refractivity contribution in [3.8, 4) is 0 Å². The van der Waals surface area contributed by atoms with Crippen LogP contribution < -0.4 is 5.32 Å². The van der Waals surface area contributed by atoms with Crippen molar-refractivity contribution >= 4 is 11.8 Å². The highest BCUT2D eigenvalue weighted by molar-refractivity contribution is 5.68. The molecule has 0 atom stereocenters. The van der Waals surface area contributed by atoms with Gasteiger partial charge >= 0.3 is 11.8 Å². The first-order valence-corrected chi connectivity index (χ1v) is 5.08. The van der Waals surface area contributed by atoms with Crippen molar-refractivity contribution in [1.82, 2.24) is 15.1 Å². The molecule has 0 saturated carbocycles. The molecule has 0 aromatic carbocycles. The topological polar surface area (TPSA) is 110 Å². The number of hydrogen-bond donors (Lipinski definition) is 2. The van der Waals surface area contributed by atoms with Crippen molar-refractivity contribution in [2.45, 2.75) is 18.9 Å². The molecule has 8 heteroatoms. The Labute approximate surface area is 96.4 Å². The van der Waals surface area contributed by atoms with Crippen LogP contribution in [0.2, 0.25) is 0 Å². The average molecular weight is 240 g/mol. The van der Waals surface area contributed by atoms with E-state index >= 15 is 0 Å². The molecule has 92 valence electrons. The Kier molecular flexibility index (Phi) is 2.58. The highest BCUT2D eigenvalue weighted by atomic mass is 16.6. The zero-order valence-electron chi connectivity index (χ0n) is 9.21. The number of rotatable bonds is 4. The van der Waals surface area contributed by atoms with Crippen LogP contribution in [0.3, 0.4) is 0 Å². The van der Waals surface area contributed by atoms with Gasteiger partial charge in [0.05, 0.1) is 23.3 Å². The van der Waals surface area contributed by atoms with Crippen LogP contribution in [-0.4, -0.2) is 38.9 Å². The van der Waals surface area contributed by atoms with E-state index in [9.17, 15) is 14.9 Å². The van der Waals surface area contributed by atoms with E-state index in [2.05, 4.69) is 10.4 Å². The number of aliphatic carboxylic acids is 1. The molecule has 0 bridgehead atoms. The quantitative estimate of drug-likeness (QED) is 0.560. The zero-order chi connectivity index (χ0) is 12.6. The lowest BCUT2D eigenvalue weighted by Crippen LogP contribution is -2.61. The van der Waals surface area contributed by atoms with Crippen molar-refractivity contribution in [3.63, 3.8) is 0 Å². The van der Waals surface area contributed by atoms with Crippen LogP contribution in [-0.2, 0) is 10.3 Å². The van der Waals surface area contributed by atoms with Crippen LogP contribution in [0.15, 0.2) is 6.20 Å². The number of nitro groups is 1. The van der Waals surface area contributed by atoms with Gasteiger partial charge in [0.1, 0.15) is 5.54 Å². The molecule has 1 aliphatic heterocycles. The summed E-state index contributed by atoms with van der Waals surface area (Å²) in [5.74, 6) is -1.16. The summed E-state index contributed by atoms with van der Waals surface area (Å²) in [5, 5.41) is 26.4. The molecule has 0 amide bonds. The molecule has 1 fully saturated rings. The van der Waals surface area contributed by atoms with Gasteiger partial charge in [-0.2, -0.15) is 4.68 Å². The molecule has 1 saturated heterocycles. The Balaban J connectivity index is 2.35. The van der Waals surface area contributed by atoms with E-state index in [4.69, 9.17) is 5.11 Å². The van der Waals surface area contributed by atoms with Crippen LogP contribution >= 0.6 is 0 Å². The lowest BCUT2D eigenvalue weighted by atomic mass is 9.89. The predicted octanol–water partition coefficient (Wildman–Crippen LogP) is -0.127. The summed E-state index contributed by atoms with van der Waals surface area (Å²) in [6, 6.07) is 0. The second-order valence-corrected chi connectivity index (χ2v) is 4.24. The van der Waals surface area contributed by atoms with Gasteiger partial charge < -0.3 is 20.5 Å². The second-order valence-electron chi connectivity index (χ2n) is 4.24. The van der Waals surface area contributed by atoms with Gasteiger partial charge in [0.2, 0.25) is 0 Å². The number of aryl methyl sites for hydroxylation is 1. The molecule has 1 aromatic rings. The van der Waals surface area contributed by atoms with E-state index in [1.807, 2.05) is 0 Å². The number of nitrogens with zero attached hydrogens (tertiary/aromatic N) is 3. The molecule has 0 aliphatic carbocycles. The maximum atomic E-state index is 10.8. The van der Waals surface area contributed by atoms with Crippen LogP contribution in [0, 0.1) is 17.0 Å². The Morgan fingerprint density at radius 2 is 2.41 bits per heavy atom. The fourth-order valence-corrected chi connectivity index (χ4v) is 1.94. The van der Waals surface area contributed by atoms with Crippen molar-refractivity contribution in [2.75, 3.05) is 13.1 Å². The molecular weight excluding hydrogens is 228 g/mol. The zero-order valence-corrected chi connectivity index (χ0v) is 9.21.